The van der Waals surface area contributed by atoms with Crippen LogP contribution in [-0.4, -0.2) is 35.0 Å². The first-order valence-corrected chi connectivity index (χ1v) is 9.06. The second-order valence-corrected chi connectivity index (χ2v) is 6.85. The van der Waals surface area contributed by atoms with Gasteiger partial charge in [-0.15, -0.1) is 0 Å². The fourth-order valence-corrected chi connectivity index (χ4v) is 3.43. The molecule has 1 aromatic heterocycles. The van der Waals surface area contributed by atoms with Crippen LogP contribution in [0.4, 0.5) is 5.69 Å². The first-order valence-electron chi connectivity index (χ1n) is 9.06. The maximum Gasteiger partial charge on any atom is 0.305 e. The van der Waals surface area contributed by atoms with Crippen LogP contribution in [0.1, 0.15) is 42.7 Å². The van der Waals surface area contributed by atoms with Gasteiger partial charge in [0.25, 0.3) is 11.8 Å². The highest BCUT2D eigenvalue weighted by Gasteiger charge is 2.37. The van der Waals surface area contributed by atoms with Gasteiger partial charge in [-0.25, -0.2) is 0 Å². The van der Waals surface area contributed by atoms with E-state index in [0.717, 1.165) is 12.8 Å². The molecular weight excluding hydrogens is 364 g/mol. The lowest BCUT2D eigenvalue weighted by Gasteiger charge is -2.28. The lowest BCUT2D eigenvalue weighted by atomic mass is 9.93. The zero-order valence-corrected chi connectivity index (χ0v) is 15.3. The van der Waals surface area contributed by atoms with E-state index in [2.05, 4.69) is 10.6 Å². The molecule has 1 aliphatic carbocycles. The van der Waals surface area contributed by atoms with E-state index in [1.807, 2.05) is 0 Å². The van der Waals surface area contributed by atoms with Gasteiger partial charge in [0.15, 0.2) is 12.4 Å². The van der Waals surface area contributed by atoms with E-state index in [1.54, 1.807) is 36.4 Å². The minimum atomic E-state index is -0.928. The maximum absolute atomic E-state index is 12.3. The molecule has 1 aliphatic rings. The summed E-state index contributed by atoms with van der Waals surface area (Å²) >= 11 is 0. The Morgan fingerprint density at radius 3 is 2.61 bits per heavy atom. The van der Waals surface area contributed by atoms with E-state index in [4.69, 9.17) is 14.3 Å². The molecule has 0 spiro atoms. The third-order valence-corrected chi connectivity index (χ3v) is 4.66. The number of carbonyl (C=O) groups excluding carboxylic acids is 2. The average molecular weight is 386 g/mol. The summed E-state index contributed by atoms with van der Waals surface area (Å²) in [6, 6.07) is 9.81. The monoisotopic (exact) mass is 386 g/mol. The molecule has 28 heavy (non-hydrogen) atoms. The van der Waals surface area contributed by atoms with Crippen molar-refractivity contribution in [1.29, 1.82) is 0 Å². The molecule has 1 aromatic carbocycles. The van der Waals surface area contributed by atoms with Gasteiger partial charge in [0.1, 0.15) is 5.75 Å². The fraction of sp³-hybridized carbons (Fsp3) is 0.350. The van der Waals surface area contributed by atoms with Gasteiger partial charge >= 0.3 is 5.97 Å². The van der Waals surface area contributed by atoms with Gasteiger partial charge in [0.05, 0.1) is 18.2 Å². The lowest BCUT2D eigenvalue weighted by molar-refractivity contribution is -0.139. The molecule has 0 radical (unpaired) electrons. The zero-order valence-electron chi connectivity index (χ0n) is 15.3. The Labute approximate surface area is 161 Å². The molecule has 3 rings (SSSR count). The third-order valence-electron chi connectivity index (χ3n) is 4.66. The Kier molecular flexibility index (Phi) is 5.98. The number of ether oxygens (including phenoxy) is 1. The van der Waals surface area contributed by atoms with Crippen LogP contribution in [-0.2, 0) is 9.59 Å². The topological polar surface area (TPSA) is 118 Å². The van der Waals surface area contributed by atoms with Gasteiger partial charge < -0.3 is 24.9 Å². The van der Waals surface area contributed by atoms with E-state index >= 15 is 0 Å². The number of benzene rings is 1. The van der Waals surface area contributed by atoms with Crippen LogP contribution in [0.25, 0.3) is 0 Å². The predicted molar refractivity (Wildman–Crippen MR) is 100 cm³/mol. The zero-order chi connectivity index (χ0) is 20.0. The highest BCUT2D eigenvalue weighted by atomic mass is 16.5. The highest BCUT2D eigenvalue weighted by molar-refractivity contribution is 6.02. The molecule has 0 atom stereocenters. The lowest BCUT2D eigenvalue weighted by Crippen LogP contribution is -2.49. The van der Waals surface area contributed by atoms with Crippen molar-refractivity contribution in [1.82, 2.24) is 5.32 Å². The molecule has 2 aromatic rings. The number of amides is 2. The van der Waals surface area contributed by atoms with Crippen molar-refractivity contribution in [3.63, 3.8) is 0 Å². The molecule has 1 fully saturated rings. The Morgan fingerprint density at radius 1 is 1.14 bits per heavy atom. The number of hydrogen-bond donors (Lipinski definition) is 3. The Bertz CT molecular complexity index is 840. The second kappa shape index (κ2) is 8.60. The number of carboxylic acid groups (broad SMARTS) is 1. The number of nitrogens with one attached hydrogen (secondary N) is 2. The molecule has 0 unspecified atom stereocenters. The summed E-state index contributed by atoms with van der Waals surface area (Å²) in [5, 5.41) is 14.6. The number of anilines is 1. The molecule has 0 saturated heterocycles. The van der Waals surface area contributed by atoms with Crippen molar-refractivity contribution < 1.29 is 28.6 Å². The Balaban J connectivity index is 1.54. The second-order valence-electron chi connectivity index (χ2n) is 6.85. The van der Waals surface area contributed by atoms with Gasteiger partial charge in [-0.05, 0) is 37.1 Å². The van der Waals surface area contributed by atoms with E-state index in [1.165, 1.54) is 6.26 Å². The first kappa shape index (κ1) is 19.5. The molecular formula is C20H22N2O6. The van der Waals surface area contributed by atoms with Crippen molar-refractivity contribution in [2.75, 3.05) is 11.9 Å². The van der Waals surface area contributed by atoms with Gasteiger partial charge in [-0.2, -0.15) is 0 Å². The van der Waals surface area contributed by atoms with Crippen LogP contribution in [0, 0.1) is 0 Å². The van der Waals surface area contributed by atoms with E-state index < -0.39 is 17.4 Å². The summed E-state index contributed by atoms with van der Waals surface area (Å²) in [6.45, 7) is -0.239. The van der Waals surface area contributed by atoms with Crippen LogP contribution < -0.4 is 15.4 Å². The summed E-state index contributed by atoms with van der Waals surface area (Å²) in [5.74, 6) is -1.09. The fourth-order valence-electron chi connectivity index (χ4n) is 3.43. The van der Waals surface area contributed by atoms with Crippen molar-refractivity contribution >= 4 is 23.5 Å². The summed E-state index contributed by atoms with van der Waals surface area (Å²) in [7, 11) is 0. The summed E-state index contributed by atoms with van der Waals surface area (Å²) in [4.78, 5) is 35.4. The van der Waals surface area contributed by atoms with Crippen molar-refractivity contribution in [3.05, 3.63) is 48.4 Å². The van der Waals surface area contributed by atoms with Gasteiger partial charge in [-0.1, -0.05) is 18.9 Å². The molecule has 0 bridgehead atoms. The SMILES string of the molecule is O=C(O)CC1(NC(=O)COc2cccc(NC(=O)c3ccco3)c2)CCCC1. The van der Waals surface area contributed by atoms with E-state index in [9.17, 15) is 14.4 Å². The Hall–Kier alpha value is -3.29. The largest absolute Gasteiger partial charge is 0.484 e. The summed E-state index contributed by atoms with van der Waals surface area (Å²) in [6.07, 6.45) is 4.41. The quantitative estimate of drug-likeness (QED) is 0.642. The van der Waals surface area contributed by atoms with Crippen molar-refractivity contribution in [2.45, 2.75) is 37.6 Å². The van der Waals surface area contributed by atoms with Crippen LogP contribution in [0.15, 0.2) is 47.1 Å². The standard InChI is InChI=1S/C20H22N2O6/c23-17(22-20(12-18(24)25)8-1-2-9-20)13-28-15-6-3-5-14(11-15)21-19(26)16-7-4-10-27-16/h3-7,10-11H,1-2,8-9,12-13H2,(H,21,26)(H,22,23)(H,24,25). The van der Waals surface area contributed by atoms with Crippen molar-refractivity contribution in [3.8, 4) is 5.75 Å². The van der Waals surface area contributed by atoms with E-state index in [0.29, 0.717) is 24.3 Å². The smallest absolute Gasteiger partial charge is 0.305 e. The molecule has 2 amide bonds. The molecule has 1 heterocycles. The maximum atomic E-state index is 12.3. The van der Waals surface area contributed by atoms with Crippen molar-refractivity contribution in [2.24, 2.45) is 0 Å². The van der Waals surface area contributed by atoms with Crippen LogP contribution in [0.5, 0.6) is 5.75 Å². The average Bonchev–Trinajstić information content (AvgIpc) is 3.32. The third kappa shape index (κ3) is 5.12. The minimum absolute atomic E-state index is 0.0902. The summed E-state index contributed by atoms with van der Waals surface area (Å²) < 4.78 is 10.5. The van der Waals surface area contributed by atoms with E-state index in [-0.39, 0.29) is 24.7 Å². The van der Waals surface area contributed by atoms with Gasteiger partial charge in [-0.3, -0.25) is 14.4 Å². The molecule has 3 N–H and O–H groups in total. The number of rotatable bonds is 8. The summed E-state index contributed by atoms with van der Waals surface area (Å²) in [5.41, 5.74) is -0.192. The highest BCUT2D eigenvalue weighted by Crippen LogP contribution is 2.32. The predicted octanol–water partition coefficient (Wildman–Crippen LogP) is 2.81. The number of carbonyl (C=O) groups is 3. The first-order chi connectivity index (χ1) is 13.5. The minimum Gasteiger partial charge on any atom is -0.484 e. The van der Waals surface area contributed by atoms with Crippen LogP contribution in [0.3, 0.4) is 0 Å². The number of aliphatic carboxylic acids is 1. The van der Waals surface area contributed by atoms with Gasteiger partial charge in [0.2, 0.25) is 0 Å². The normalized spacial score (nSPS) is 15.0. The van der Waals surface area contributed by atoms with Gasteiger partial charge in [0, 0.05) is 11.8 Å². The Morgan fingerprint density at radius 2 is 1.93 bits per heavy atom. The number of hydrogen-bond acceptors (Lipinski definition) is 5. The molecule has 8 heteroatoms. The van der Waals surface area contributed by atoms with Crippen LogP contribution in [0.2, 0.25) is 0 Å². The molecule has 1 saturated carbocycles. The number of furan rings is 1. The molecule has 0 aliphatic heterocycles. The molecule has 8 nitrogen and oxygen atoms in total. The number of carboxylic acids is 1. The molecule has 148 valence electrons. The van der Waals surface area contributed by atoms with Crippen LogP contribution >= 0.6 is 0 Å².